The van der Waals surface area contributed by atoms with Crippen LogP contribution in [0.1, 0.15) is 5.56 Å². The second kappa shape index (κ2) is 6.87. The van der Waals surface area contributed by atoms with E-state index in [0.29, 0.717) is 0 Å². The molecule has 1 aliphatic rings. The van der Waals surface area contributed by atoms with Gasteiger partial charge in [-0.3, -0.25) is 9.88 Å². The van der Waals surface area contributed by atoms with Crippen molar-refractivity contribution in [3.63, 3.8) is 0 Å². The molecule has 2 aromatic heterocycles. The van der Waals surface area contributed by atoms with Crippen molar-refractivity contribution >= 4 is 32.7 Å². The summed E-state index contributed by atoms with van der Waals surface area (Å²) in [5, 5.41) is 1.17. The number of hydrogen-bond acceptors (Lipinski definition) is 4. The molecular weight excluding hydrogens is 364 g/mol. The standard InChI is InChI=1S/C19H19BrN4/c20-17-3-1-2-16-4-5-18(22-19(16)17)24-12-10-23(11-13-24)14-15-6-8-21-9-7-15/h1-9H,10-14H2. The van der Waals surface area contributed by atoms with Gasteiger partial charge in [-0.2, -0.15) is 0 Å². The van der Waals surface area contributed by atoms with Crippen LogP contribution in [0.4, 0.5) is 5.82 Å². The van der Waals surface area contributed by atoms with Crippen molar-refractivity contribution in [2.75, 3.05) is 31.1 Å². The van der Waals surface area contributed by atoms with Crippen LogP contribution in [0.5, 0.6) is 0 Å². The molecule has 4 nitrogen and oxygen atoms in total. The Hall–Kier alpha value is -1.98. The molecule has 0 atom stereocenters. The topological polar surface area (TPSA) is 32.3 Å². The molecule has 4 rings (SSSR count). The highest BCUT2D eigenvalue weighted by atomic mass is 79.9. The fourth-order valence-corrected chi connectivity index (χ4v) is 3.63. The zero-order chi connectivity index (χ0) is 16.4. The smallest absolute Gasteiger partial charge is 0.129 e. The van der Waals surface area contributed by atoms with E-state index < -0.39 is 0 Å². The van der Waals surface area contributed by atoms with E-state index in [1.165, 1.54) is 10.9 Å². The lowest BCUT2D eigenvalue weighted by molar-refractivity contribution is 0.249. The zero-order valence-corrected chi connectivity index (χ0v) is 15.0. The number of rotatable bonds is 3. The minimum Gasteiger partial charge on any atom is -0.354 e. The van der Waals surface area contributed by atoms with Crippen LogP contribution in [0.2, 0.25) is 0 Å². The summed E-state index contributed by atoms with van der Waals surface area (Å²) in [6.07, 6.45) is 3.73. The van der Waals surface area contributed by atoms with E-state index in [1.54, 1.807) is 0 Å². The summed E-state index contributed by atoms with van der Waals surface area (Å²) >= 11 is 3.61. The first-order valence-corrected chi connectivity index (χ1v) is 9.00. The Morgan fingerprint density at radius 1 is 0.917 bits per heavy atom. The van der Waals surface area contributed by atoms with E-state index >= 15 is 0 Å². The predicted molar refractivity (Wildman–Crippen MR) is 101 cm³/mol. The molecule has 1 saturated heterocycles. The first-order chi connectivity index (χ1) is 11.8. The van der Waals surface area contributed by atoms with Gasteiger partial charge < -0.3 is 4.90 Å². The van der Waals surface area contributed by atoms with Crippen LogP contribution >= 0.6 is 15.9 Å². The van der Waals surface area contributed by atoms with Crippen molar-refractivity contribution in [1.82, 2.24) is 14.9 Å². The van der Waals surface area contributed by atoms with Crippen LogP contribution in [0.3, 0.4) is 0 Å². The Labute approximate surface area is 150 Å². The van der Waals surface area contributed by atoms with Gasteiger partial charge in [-0.05, 0) is 51.8 Å². The lowest BCUT2D eigenvalue weighted by Gasteiger charge is -2.35. The molecule has 5 heteroatoms. The Balaban J connectivity index is 1.45. The van der Waals surface area contributed by atoms with Crippen molar-refractivity contribution in [1.29, 1.82) is 0 Å². The van der Waals surface area contributed by atoms with Crippen molar-refractivity contribution in [2.24, 2.45) is 0 Å². The Bertz CT molecular complexity index is 829. The predicted octanol–water partition coefficient (Wildman–Crippen LogP) is 3.71. The van der Waals surface area contributed by atoms with Gasteiger partial charge in [0.15, 0.2) is 0 Å². The van der Waals surface area contributed by atoms with Crippen LogP contribution in [-0.2, 0) is 6.54 Å². The molecule has 3 heterocycles. The van der Waals surface area contributed by atoms with Gasteiger partial charge in [0.25, 0.3) is 0 Å². The van der Waals surface area contributed by atoms with Crippen molar-refractivity contribution < 1.29 is 0 Å². The number of aromatic nitrogens is 2. The Morgan fingerprint density at radius 2 is 1.71 bits per heavy atom. The molecule has 0 saturated carbocycles. The average molecular weight is 383 g/mol. The number of halogens is 1. The molecule has 122 valence electrons. The van der Waals surface area contributed by atoms with E-state index in [2.05, 4.69) is 61.0 Å². The number of hydrogen-bond donors (Lipinski definition) is 0. The highest BCUT2D eigenvalue weighted by molar-refractivity contribution is 9.10. The highest BCUT2D eigenvalue weighted by Crippen LogP contribution is 2.25. The molecule has 24 heavy (non-hydrogen) atoms. The minimum absolute atomic E-state index is 0.993. The summed E-state index contributed by atoms with van der Waals surface area (Å²) in [7, 11) is 0. The second-order valence-electron chi connectivity index (χ2n) is 6.10. The van der Waals surface area contributed by atoms with Gasteiger partial charge in [-0.25, -0.2) is 4.98 Å². The minimum atomic E-state index is 0.993. The van der Waals surface area contributed by atoms with E-state index in [9.17, 15) is 0 Å². The summed E-state index contributed by atoms with van der Waals surface area (Å²) in [5.41, 5.74) is 2.36. The SMILES string of the molecule is Brc1cccc2ccc(N3CCN(Cc4ccncc4)CC3)nc12. The van der Waals surface area contributed by atoms with Crippen LogP contribution in [0, 0.1) is 0 Å². The van der Waals surface area contributed by atoms with Crippen LogP contribution in [-0.4, -0.2) is 41.0 Å². The summed E-state index contributed by atoms with van der Waals surface area (Å²) in [6, 6.07) is 14.7. The Morgan fingerprint density at radius 3 is 2.50 bits per heavy atom. The fourth-order valence-electron chi connectivity index (χ4n) is 3.16. The quantitative estimate of drug-likeness (QED) is 0.690. The molecule has 0 amide bonds. The van der Waals surface area contributed by atoms with E-state index in [4.69, 9.17) is 4.98 Å². The zero-order valence-electron chi connectivity index (χ0n) is 13.4. The third-order valence-corrected chi connectivity index (χ3v) is 5.15. The summed E-state index contributed by atoms with van der Waals surface area (Å²) in [5.74, 6) is 1.07. The number of anilines is 1. The number of pyridine rings is 2. The summed E-state index contributed by atoms with van der Waals surface area (Å²) in [4.78, 5) is 13.8. The van der Waals surface area contributed by atoms with Gasteiger partial charge in [0.05, 0.1) is 5.52 Å². The number of para-hydroxylation sites is 1. The maximum absolute atomic E-state index is 4.86. The first kappa shape index (κ1) is 15.5. The molecule has 0 aliphatic carbocycles. The third kappa shape index (κ3) is 3.28. The monoisotopic (exact) mass is 382 g/mol. The average Bonchev–Trinajstić information content (AvgIpc) is 2.63. The molecule has 0 N–H and O–H groups in total. The molecule has 0 unspecified atom stereocenters. The number of benzene rings is 1. The number of nitrogens with zero attached hydrogens (tertiary/aromatic N) is 4. The van der Waals surface area contributed by atoms with E-state index in [0.717, 1.165) is 48.5 Å². The molecule has 1 aliphatic heterocycles. The summed E-state index contributed by atoms with van der Waals surface area (Å²) in [6.45, 7) is 5.12. The van der Waals surface area contributed by atoms with Crippen molar-refractivity contribution in [3.8, 4) is 0 Å². The van der Waals surface area contributed by atoms with Crippen LogP contribution in [0.15, 0.2) is 59.3 Å². The van der Waals surface area contributed by atoms with Crippen LogP contribution < -0.4 is 4.90 Å². The van der Waals surface area contributed by atoms with Gasteiger partial charge in [-0.1, -0.05) is 12.1 Å². The molecule has 1 aromatic carbocycles. The van der Waals surface area contributed by atoms with Gasteiger partial charge in [0, 0.05) is 55.0 Å². The molecule has 0 spiro atoms. The third-order valence-electron chi connectivity index (χ3n) is 4.51. The molecule has 0 bridgehead atoms. The summed E-state index contributed by atoms with van der Waals surface area (Å²) < 4.78 is 1.05. The number of piperazine rings is 1. The van der Waals surface area contributed by atoms with E-state index in [1.807, 2.05) is 24.5 Å². The van der Waals surface area contributed by atoms with Gasteiger partial charge in [-0.15, -0.1) is 0 Å². The lowest BCUT2D eigenvalue weighted by atomic mass is 10.2. The molecule has 3 aromatic rings. The number of fused-ring (bicyclic) bond motifs is 1. The first-order valence-electron chi connectivity index (χ1n) is 8.21. The van der Waals surface area contributed by atoms with E-state index in [-0.39, 0.29) is 0 Å². The lowest BCUT2D eigenvalue weighted by Crippen LogP contribution is -2.46. The van der Waals surface area contributed by atoms with Crippen LogP contribution in [0.25, 0.3) is 10.9 Å². The fraction of sp³-hybridized carbons (Fsp3) is 0.263. The van der Waals surface area contributed by atoms with Gasteiger partial charge in [0.2, 0.25) is 0 Å². The van der Waals surface area contributed by atoms with Gasteiger partial charge in [0.1, 0.15) is 5.82 Å². The normalized spacial score (nSPS) is 15.8. The molecule has 1 fully saturated rings. The van der Waals surface area contributed by atoms with Crippen molar-refractivity contribution in [3.05, 3.63) is 64.9 Å². The molecule has 0 radical (unpaired) electrons. The van der Waals surface area contributed by atoms with Crippen molar-refractivity contribution in [2.45, 2.75) is 6.54 Å². The highest BCUT2D eigenvalue weighted by Gasteiger charge is 2.18. The maximum atomic E-state index is 4.86. The maximum Gasteiger partial charge on any atom is 0.129 e. The Kier molecular flexibility index (Phi) is 4.45. The van der Waals surface area contributed by atoms with Gasteiger partial charge >= 0.3 is 0 Å². The second-order valence-corrected chi connectivity index (χ2v) is 6.95. The molecular formula is C19H19BrN4. The largest absolute Gasteiger partial charge is 0.354 e.